The third-order valence-corrected chi connectivity index (χ3v) is 4.44. The van der Waals surface area contributed by atoms with Crippen molar-refractivity contribution in [3.63, 3.8) is 0 Å². The van der Waals surface area contributed by atoms with Crippen molar-refractivity contribution < 1.29 is 9.53 Å². The van der Waals surface area contributed by atoms with E-state index in [-0.39, 0.29) is 37.3 Å². The number of rotatable bonds is 5. The molecule has 0 bridgehead atoms. The van der Waals surface area contributed by atoms with Crippen LogP contribution in [0.25, 0.3) is 0 Å². The number of carbonyl (C=O) groups excluding carboxylic acids is 1. The van der Waals surface area contributed by atoms with Gasteiger partial charge in [-0.2, -0.15) is 0 Å². The summed E-state index contributed by atoms with van der Waals surface area (Å²) in [6, 6.07) is 7.68. The zero-order chi connectivity index (χ0) is 16.1. The molecule has 0 aromatic heterocycles. The van der Waals surface area contributed by atoms with Crippen LogP contribution in [0, 0.1) is 0 Å². The molecule has 2 atom stereocenters. The Balaban J connectivity index is 0.00000264. The van der Waals surface area contributed by atoms with Crippen molar-refractivity contribution >= 4 is 42.3 Å². The van der Waals surface area contributed by atoms with E-state index in [0.717, 1.165) is 18.1 Å². The summed E-state index contributed by atoms with van der Waals surface area (Å²) in [6.45, 7) is 5.53. The van der Waals surface area contributed by atoms with E-state index < -0.39 is 6.04 Å². The van der Waals surface area contributed by atoms with E-state index >= 15 is 0 Å². The zero-order valence-corrected chi connectivity index (χ0v) is 16.4. The summed E-state index contributed by atoms with van der Waals surface area (Å²) in [5, 5.41) is 0.749. The highest BCUT2D eigenvalue weighted by Gasteiger charge is 2.27. The van der Waals surface area contributed by atoms with Crippen LogP contribution in [-0.4, -0.2) is 61.6 Å². The Hall–Kier alpha value is -0.560. The van der Waals surface area contributed by atoms with Gasteiger partial charge in [0.15, 0.2) is 0 Å². The Morgan fingerprint density at radius 2 is 1.75 bits per heavy atom. The molecule has 8 heteroatoms. The maximum atomic E-state index is 12.2. The molecular formula is C16H26Cl3N3O2. The maximum absolute atomic E-state index is 12.2. The van der Waals surface area contributed by atoms with E-state index in [1.165, 1.54) is 5.56 Å². The Morgan fingerprint density at radius 1 is 1.21 bits per heavy atom. The van der Waals surface area contributed by atoms with Crippen LogP contribution in [0.3, 0.4) is 0 Å². The molecular weight excluding hydrogens is 373 g/mol. The zero-order valence-electron chi connectivity index (χ0n) is 14.0. The molecule has 1 aliphatic rings. The van der Waals surface area contributed by atoms with Gasteiger partial charge in [-0.3, -0.25) is 9.69 Å². The maximum Gasteiger partial charge on any atom is 0.241 e. The average Bonchev–Trinajstić information content (AvgIpc) is 2.54. The van der Waals surface area contributed by atoms with Gasteiger partial charge in [0.05, 0.1) is 6.61 Å². The van der Waals surface area contributed by atoms with E-state index in [4.69, 9.17) is 22.1 Å². The van der Waals surface area contributed by atoms with Crippen molar-refractivity contribution in [3.05, 3.63) is 34.9 Å². The monoisotopic (exact) mass is 397 g/mol. The Bertz CT molecular complexity index is 494. The standard InChI is InChI=1S/C16H24ClN3O2.2ClH/c1-12(13-3-5-14(17)6-4-13)19-7-9-20(10-8-19)16(21)15(18)11-22-2;;/h3-6,12,15H,7-11,18H2,1-2H3;2*1H. The first-order valence-corrected chi connectivity index (χ1v) is 7.93. The fourth-order valence-corrected chi connectivity index (χ4v) is 2.89. The lowest BCUT2D eigenvalue weighted by molar-refractivity contribution is -0.135. The summed E-state index contributed by atoms with van der Waals surface area (Å²) >= 11 is 5.93. The van der Waals surface area contributed by atoms with Gasteiger partial charge in [-0.05, 0) is 24.6 Å². The van der Waals surface area contributed by atoms with Crippen LogP contribution >= 0.6 is 36.4 Å². The highest BCUT2D eigenvalue weighted by atomic mass is 35.5. The lowest BCUT2D eigenvalue weighted by Gasteiger charge is -2.39. The second kappa shape index (κ2) is 11.1. The lowest BCUT2D eigenvalue weighted by Crippen LogP contribution is -2.54. The number of hydrogen-bond acceptors (Lipinski definition) is 4. The minimum atomic E-state index is -0.565. The first kappa shape index (κ1) is 23.4. The number of methoxy groups -OCH3 is 1. The van der Waals surface area contributed by atoms with Crippen LogP contribution in [0.4, 0.5) is 0 Å². The van der Waals surface area contributed by atoms with E-state index in [1.54, 1.807) is 7.11 Å². The van der Waals surface area contributed by atoms with Gasteiger partial charge in [0.1, 0.15) is 6.04 Å². The summed E-state index contributed by atoms with van der Waals surface area (Å²) in [7, 11) is 1.55. The highest BCUT2D eigenvalue weighted by molar-refractivity contribution is 6.30. The van der Waals surface area contributed by atoms with Gasteiger partial charge < -0.3 is 15.4 Å². The molecule has 0 saturated carbocycles. The summed E-state index contributed by atoms with van der Waals surface area (Å²) in [5.74, 6) is -0.0272. The Morgan fingerprint density at radius 3 is 2.25 bits per heavy atom. The van der Waals surface area contributed by atoms with Crippen LogP contribution < -0.4 is 5.73 Å². The molecule has 0 spiro atoms. The second-order valence-corrected chi connectivity index (χ2v) is 6.09. The molecule has 2 rings (SSSR count). The molecule has 0 aliphatic carbocycles. The van der Waals surface area contributed by atoms with E-state index in [2.05, 4.69) is 24.0 Å². The molecule has 0 radical (unpaired) electrons. The van der Waals surface area contributed by atoms with E-state index in [9.17, 15) is 4.79 Å². The average molecular weight is 399 g/mol. The summed E-state index contributed by atoms with van der Waals surface area (Å²) in [4.78, 5) is 16.4. The third kappa shape index (κ3) is 6.06. The number of nitrogens with two attached hydrogens (primary N) is 1. The molecule has 2 N–H and O–H groups in total. The molecule has 1 aliphatic heterocycles. The first-order valence-electron chi connectivity index (χ1n) is 7.55. The van der Waals surface area contributed by atoms with Gasteiger partial charge >= 0.3 is 0 Å². The Labute approximate surface area is 161 Å². The largest absolute Gasteiger partial charge is 0.383 e. The lowest BCUT2D eigenvalue weighted by atomic mass is 10.1. The minimum Gasteiger partial charge on any atom is -0.383 e. The number of benzene rings is 1. The van der Waals surface area contributed by atoms with Gasteiger partial charge in [-0.1, -0.05) is 23.7 Å². The van der Waals surface area contributed by atoms with Crippen molar-refractivity contribution in [1.82, 2.24) is 9.80 Å². The third-order valence-electron chi connectivity index (χ3n) is 4.19. The Kier molecular flexibility index (Phi) is 10.9. The SMILES string of the molecule is COCC(N)C(=O)N1CCN(C(C)c2ccc(Cl)cc2)CC1.Cl.Cl. The summed E-state index contributed by atoms with van der Waals surface area (Å²) < 4.78 is 4.95. The van der Waals surface area contributed by atoms with Crippen LogP contribution in [-0.2, 0) is 9.53 Å². The number of nitrogens with zero attached hydrogens (tertiary/aromatic N) is 2. The molecule has 24 heavy (non-hydrogen) atoms. The smallest absolute Gasteiger partial charge is 0.241 e. The van der Waals surface area contributed by atoms with Gasteiger partial charge in [-0.15, -0.1) is 24.8 Å². The molecule has 1 heterocycles. The minimum absolute atomic E-state index is 0. The van der Waals surface area contributed by atoms with Gasteiger partial charge in [0.25, 0.3) is 0 Å². The van der Waals surface area contributed by atoms with Crippen molar-refractivity contribution in [2.75, 3.05) is 39.9 Å². The summed E-state index contributed by atoms with van der Waals surface area (Å²) in [5.41, 5.74) is 7.05. The predicted octanol–water partition coefficient (Wildman–Crippen LogP) is 2.36. The fourth-order valence-electron chi connectivity index (χ4n) is 2.77. The summed E-state index contributed by atoms with van der Waals surface area (Å²) in [6.07, 6.45) is 0. The van der Waals surface area contributed by atoms with Crippen LogP contribution in [0.1, 0.15) is 18.5 Å². The highest BCUT2D eigenvalue weighted by Crippen LogP contribution is 2.23. The molecule has 1 amide bonds. The second-order valence-electron chi connectivity index (χ2n) is 5.65. The van der Waals surface area contributed by atoms with E-state index in [1.807, 2.05) is 17.0 Å². The van der Waals surface area contributed by atoms with Gasteiger partial charge in [0, 0.05) is 44.4 Å². The molecule has 5 nitrogen and oxygen atoms in total. The van der Waals surface area contributed by atoms with Crippen molar-refractivity contribution in [1.29, 1.82) is 0 Å². The number of amides is 1. The number of ether oxygens (including phenoxy) is 1. The van der Waals surface area contributed by atoms with Crippen molar-refractivity contribution in [2.45, 2.75) is 19.0 Å². The number of halogens is 3. The quantitative estimate of drug-likeness (QED) is 0.827. The van der Waals surface area contributed by atoms with Gasteiger partial charge in [0.2, 0.25) is 5.91 Å². The molecule has 1 fully saturated rings. The van der Waals surface area contributed by atoms with Crippen molar-refractivity contribution in [3.8, 4) is 0 Å². The molecule has 2 unspecified atom stereocenters. The van der Waals surface area contributed by atoms with Crippen LogP contribution in [0.2, 0.25) is 5.02 Å². The van der Waals surface area contributed by atoms with Crippen molar-refractivity contribution in [2.24, 2.45) is 5.73 Å². The van der Waals surface area contributed by atoms with Gasteiger partial charge in [-0.25, -0.2) is 0 Å². The first-order chi connectivity index (χ1) is 10.5. The molecule has 1 saturated heterocycles. The van der Waals surface area contributed by atoms with Crippen LogP contribution in [0.5, 0.6) is 0 Å². The number of hydrogen-bond donors (Lipinski definition) is 1. The van der Waals surface area contributed by atoms with E-state index in [0.29, 0.717) is 19.1 Å². The molecule has 138 valence electrons. The number of piperazine rings is 1. The van der Waals surface area contributed by atoms with Crippen LogP contribution in [0.15, 0.2) is 24.3 Å². The predicted molar refractivity (Wildman–Crippen MR) is 102 cm³/mol. The molecule has 1 aromatic carbocycles. The molecule has 1 aromatic rings. The topological polar surface area (TPSA) is 58.8 Å². The number of carbonyl (C=O) groups is 1. The fraction of sp³-hybridized carbons (Fsp3) is 0.562. The normalized spacial score (nSPS) is 17.4.